The Morgan fingerprint density at radius 3 is 3.08 bits per heavy atom. The van der Waals surface area contributed by atoms with Crippen LogP contribution in [0.3, 0.4) is 0 Å². The Bertz CT molecular complexity index is 314. The molecule has 0 aliphatic rings. The summed E-state index contributed by atoms with van der Waals surface area (Å²) in [5.74, 6) is 0. The Morgan fingerprint density at radius 2 is 2.46 bits per heavy atom. The van der Waals surface area contributed by atoms with Crippen molar-refractivity contribution in [3.05, 3.63) is 24.0 Å². The van der Waals surface area contributed by atoms with Crippen molar-refractivity contribution in [2.45, 2.75) is 26.3 Å². The van der Waals surface area contributed by atoms with Crippen molar-refractivity contribution in [2.75, 3.05) is 5.32 Å². The molecule has 1 rings (SSSR count). The van der Waals surface area contributed by atoms with Gasteiger partial charge in [0, 0.05) is 12.2 Å². The maximum Gasteiger partial charge on any atom is 0.101 e. The summed E-state index contributed by atoms with van der Waals surface area (Å²) >= 11 is 0. The Balaban J connectivity index is 2.82. The van der Waals surface area contributed by atoms with Gasteiger partial charge in [0.25, 0.3) is 0 Å². The Labute approximate surface area is 78.4 Å². The van der Waals surface area contributed by atoms with E-state index < -0.39 is 0 Å². The van der Waals surface area contributed by atoms with E-state index in [1.165, 1.54) is 0 Å². The maximum absolute atomic E-state index is 8.79. The summed E-state index contributed by atoms with van der Waals surface area (Å²) < 4.78 is 0. The number of hydrogen-bond donors (Lipinski definition) is 1. The molecule has 1 aromatic heterocycles. The summed E-state index contributed by atoms with van der Waals surface area (Å²) in [5, 5.41) is 12.0. The summed E-state index contributed by atoms with van der Waals surface area (Å²) in [4.78, 5) is 3.97. The Kier molecular flexibility index (Phi) is 3.27. The fourth-order valence-corrected chi connectivity index (χ4v) is 0.974. The second-order valence-corrected chi connectivity index (χ2v) is 2.99. The van der Waals surface area contributed by atoms with Gasteiger partial charge < -0.3 is 5.32 Å². The third kappa shape index (κ3) is 2.45. The molecule has 0 amide bonds. The Morgan fingerprint density at radius 1 is 1.69 bits per heavy atom. The van der Waals surface area contributed by atoms with Gasteiger partial charge in [-0.2, -0.15) is 5.26 Å². The van der Waals surface area contributed by atoms with Crippen molar-refractivity contribution >= 4 is 5.69 Å². The second kappa shape index (κ2) is 4.46. The van der Waals surface area contributed by atoms with Crippen molar-refractivity contribution in [3.63, 3.8) is 0 Å². The lowest BCUT2D eigenvalue weighted by molar-refractivity contribution is 0.763. The molecule has 0 saturated heterocycles. The lowest BCUT2D eigenvalue weighted by Gasteiger charge is -2.13. The van der Waals surface area contributed by atoms with Gasteiger partial charge >= 0.3 is 0 Å². The van der Waals surface area contributed by atoms with E-state index >= 15 is 0 Å². The lowest BCUT2D eigenvalue weighted by Crippen LogP contribution is -2.14. The zero-order valence-electron chi connectivity index (χ0n) is 7.91. The molecule has 0 saturated carbocycles. The quantitative estimate of drug-likeness (QED) is 0.765. The topological polar surface area (TPSA) is 48.7 Å². The zero-order chi connectivity index (χ0) is 9.68. The largest absolute Gasteiger partial charge is 0.380 e. The first-order chi connectivity index (χ1) is 6.27. The van der Waals surface area contributed by atoms with E-state index in [4.69, 9.17) is 5.26 Å². The van der Waals surface area contributed by atoms with Crippen LogP contribution in [-0.4, -0.2) is 11.0 Å². The van der Waals surface area contributed by atoms with Gasteiger partial charge in [0.1, 0.15) is 6.07 Å². The van der Waals surface area contributed by atoms with E-state index in [0.717, 1.165) is 12.1 Å². The highest BCUT2D eigenvalue weighted by Crippen LogP contribution is 2.13. The molecule has 1 atom stereocenters. The number of anilines is 1. The normalized spacial score (nSPS) is 11.8. The van der Waals surface area contributed by atoms with E-state index in [-0.39, 0.29) is 0 Å². The summed E-state index contributed by atoms with van der Waals surface area (Å²) in [5.41, 5.74) is 1.47. The highest BCUT2D eigenvalue weighted by Gasteiger charge is 2.03. The number of nitriles is 1. The zero-order valence-corrected chi connectivity index (χ0v) is 7.91. The summed E-state index contributed by atoms with van der Waals surface area (Å²) in [6.07, 6.45) is 4.34. The van der Waals surface area contributed by atoms with Crippen molar-refractivity contribution in [3.8, 4) is 6.07 Å². The molecule has 0 aromatic carbocycles. The molecule has 3 nitrogen and oxygen atoms in total. The molecule has 68 valence electrons. The average molecular weight is 175 g/mol. The second-order valence-electron chi connectivity index (χ2n) is 2.99. The standard InChI is InChI=1S/C10H13N3/c1-3-8(2)13-10-7-12-5-4-9(10)6-11/h4-5,7-8,13H,3H2,1-2H3. The molecule has 1 unspecified atom stereocenters. The summed E-state index contributed by atoms with van der Waals surface area (Å²) in [7, 11) is 0. The van der Waals surface area contributed by atoms with Crippen LogP contribution in [0.5, 0.6) is 0 Å². The fraction of sp³-hybridized carbons (Fsp3) is 0.400. The number of nitrogens with one attached hydrogen (secondary N) is 1. The van der Waals surface area contributed by atoms with Crippen molar-refractivity contribution in [1.82, 2.24) is 4.98 Å². The predicted octanol–water partition coefficient (Wildman–Crippen LogP) is 2.16. The monoisotopic (exact) mass is 175 g/mol. The van der Waals surface area contributed by atoms with Gasteiger partial charge in [0.15, 0.2) is 0 Å². The molecule has 0 bridgehead atoms. The molecular weight excluding hydrogens is 162 g/mol. The minimum Gasteiger partial charge on any atom is -0.380 e. The predicted molar refractivity (Wildman–Crippen MR) is 52.3 cm³/mol. The first-order valence-corrected chi connectivity index (χ1v) is 4.38. The van der Waals surface area contributed by atoms with Crippen LogP contribution in [-0.2, 0) is 0 Å². The van der Waals surface area contributed by atoms with Gasteiger partial charge in [-0.1, -0.05) is 6.92 Å². The molecule has 0 radical (unpaired) electrons. The van der Waals surface area contributed by atoms with Crippen LogP contribution < -0.4 is 5.32 Å². The molecule has 0 aliphatic carbocycles. The molecule has 3 heteroatoms. The molecule has 0 aliphatic heterocycles. The van der Waals surface area contributed by atoms with Crippen LogP contribution in [0.25, 0.3) is 0 Å². The molecule has 1 heterocycles. The van der Waals surface area contributed by atoms with E-state index in [9.17, 15) is 0 Å². The number of pyridine rings is 1. The number of rotatable bonds is 3. The first kappa shape index (κ1) is 9.53. The van der Waals surface area contributed by atoms with Crippen molar-refractivity contribution < 1.29 is 0 Å². The SMILES string of the molecule is CCC(C)Nc1cnccc1C#N. The van der Waals surface area contributed by atoms with Gasteiger partial charge in [0.05, 0.1) is 17.4 Å². The highest BCUT2D eigenvalue weighted by molar-refractivity contribution is 5.55. The van der Waals surface area contributed by atoms with E-state index in [1.54, 1.807) is 18.5 Å². The fourth-order valence-electron chi connectivity index (χ4n) is 0.974. The third-order valence-corrected chi connectivity index (χ3v) is 1.96. The van der Waals surface area contributed by atoms with Gasteiger partial charge in [0.2, 0.25) is 0 Å². The number of nitrogens with zero attached hydrogens (tertiary/aromatic N) is 2. The molecule has 0 spiro atoms. The lowest BCUT2D eigenvalue weighted by atomic mass is 10.2. The summed E-state index contributed by atoms with van der Waals surface area (Å²) in [6, 6.07) is 4.21. The van der Waals surface area contributed by atoms with E-state index in [1.807, 2.05) is 0 Å². The van der Waals surface area contributed by atoms with Crippen LogP contribution in [0.15, 0.2) is 18.5 Å². The van der Waals surface area contributed by atoms with Gasteiger partial charge in [-0.25, -0.2) is 0 Å². The smallest absolute Gasteiger partial charge is 0.101 e. The minimum absolute atomic E-state index is 0.372. The van der Waals surface area contributed by atoms with Crippen LogP contribution in [0.4, 0.5) is 5.69 Å². The van der Waals surface area contributed by atoms with Gasteiger partial charge in [-0.05, 0) is 19.4 Å². The van der Waals surface area contributed by atoms with Crippen LogP contribution in [0.1, 0.15) is 25.8 Å². The molecular formula is C10H13N3. The third-order valence-electron chi connectivity index (χ3n) is 1.96. The van der Waals surface area contributed by atoms with Crippen LogP contribution in [0, 0.1) is 11.3 Å². The van der Waals surface area contributed by atoms with Gasteiger partial charge in [-0.15, -0.1) is 0 Å². The van der Waals surface area contributed by atoms with Crippen molar-refractivity contribution in [1.29, 1.82) is 5.26 Å². The minimum atomic E-state index is 0.372. The van der Waals surface area contributed by atoms with Crippen LogP contribution in [0.2, 0.25) is 0 Å². The van der Waals surface area contributed by atoms with Crippen molar-refractivity contribution in [2.24, 2.45) is 0 Å². The van der Waals surface area contributed by atoms with E-state index in [2.05, 4.69) is 30.2 Å². The maximum atomic E-state index is 8.79. The van der Waals surface area contributed by atoms with Gasteiger partial charge in [-0.3, -0.25) is 4.98 Å². The molecule has 1 aromatic rings. The molecule has 13 heavy (non-hydrogen) atoms. The molecule has 0 fully saturated rings. The summed E-state index contributed by atoms with van der Waals surface area (Å²) in [6.45, 7) is 4.17. The van der Waals surface area contributed by atoms with Crippen LogP contribution >= 0.6 is 0 Å². The molecule has 1 N–H and O–H groups in total. The first-order valence-electron chi connectivity index (χ1n) is 4.38. The Hall–Kier alpha value is -1.56. The number of aromatic nitrogens is 1. The highest BCUT2D eigenvalue weighted by atomic mass is 14.9. The average Bonchev–Trinajstić information content (AvgIpc) is 2.18. The van der Waals surface area contributed by atoms with E-state index in [0.29, 0.717) is 11.6 Å². The number of hydrogen-bond acceptors (Lipinski definition) is 3.